The maximum Gasteiger partial charge on any atom is 0.240 e. The molecule has 7 nitrogen and oxygen atoms in total. The molecule has 8 heteroatoms. The highest BCUT2D eigenvalue weighted by atomic mass is 32.2. The highest BCUT2D eigenvalue weighted by Crippen LogP contribution is 2.22. The first kappa shape index (κ1) is 20.0. The number of nitrogens with one attached hydrogen (secondary N) is 3. The van der Waals surface area contributed by atoms with Crippen molar-refractivity contribution in [2.45, 2.75) is 37.6 Å². The maximum atomic E-state index is 12.5. The van der Waals surface area contributed by atoms with Crippen LogP contribution >= 0.6 is 0 Å². The minimum Gasteiger partial charge on any atom is -0.351 e. The molecule has 0 aliphatic heterocycles. The number of sulfonamides is 1. The van der Waals surface area contributed by atoms with E-state index in [1.165, 1.54) is 6.07 Å². The fourth-order valence-corrected chi connectivity index (χ4v) is 3.81. The van der Waals surface area contributed by atoms with Gasteiger partial charge in [-0.15, -0.1) is 0 Å². The van der Waals surface area contributed by atoms with Gasteiger partial charge in [0, 0.05) is 24.1 Å². The molecular weight excluding hydrogens is 376 g/mol. The van der Waals surface area contributed by atoms with E-state index in [-0.39, 0.29) is 29.3 Å². The van der Waals surface area contributed by atoms with Gasteiger partial charge in [-0.1, -0.05) is 30.3 Å². The Bertz CT molecular complexity index is 1080. The van der Waals surface area contributed by atoms with Crippen molar-refractivity contribution in [3.8, 4) is 11.4 Å². The Morgan fingerprint density at radius 2 is 1.82 bits per heavy atom. The lowest BCUT2D eigenvalue weighted by atomic mass is 10.1. The molecule has 0 spiro atoms. The Morgan fingerprint density at radius 3 is 2.50 bits per heavy atom. The first-order chi connectivity index (χ1) is 13.1. The third-order valence-corrected chi connectivity index (χ3v) is 5.43. The van der Waals surface area contributed by atoms with E-state index in [2.05, 4.69) is 20.0 Å². The molecule has 3 N–H and O–H groups in total. The summed E-state index contributed by atoms with van der Waals surface area (Å²) in [7, 11) is -3.72. The second kappa shape index (κ2) is 7.73. The van der Waals surface area contributed by atoms with Crippen molar-refractivity contribution < 1.29 is 13.2 Å². The zero-order valence-corrected chi connectivity index (χ0v) is 16.9. The van der Waals surface area contributed by atoms with Gasteiger partial charge in [0.2, 0.25) is 15.9 Å². The lowest BCUT2D eigenvalue weighted by Crippen LogP contribution is -2.41. The number of nitrogens with zero attached hydrogens (tertiary/aromatic N) is 1. The summed E-state index contributed by atoms with van der Waals surface area (Å²) in [5.41, 5.74) is 1.89. The molecule has 0 aliphatic rings. The van der Waals surface area contributed by atoms with Crippen LogP contribution in [0.15, 0.2) is 53.4 Å². The second-order valence-electron chi connectivity index (χ2n) is 7.58. The molecule has 1 amide bonds. The van der Waals surface area contributed by atoms with Crippen LogP contribution in [0.1, 0.15) is 27.2 Å². The van der Waals surface area contributed by atoms with Gasteiger partial charge in [-0.2, -0.15) is 0 Å². The molecule has 0 fully saturated rings. The molecule has 0 saturated heterocycles. The molecule has 3 rings (SSSR count). The Morgan fingerprint density at radius 1 is 1.11 bits per heavy atom. The predicted molar refractivity (Wildman–Crippen MR) is 109 cm³/mol. The normalized spacial score (nSPS) is 12.2. The van der Waals surface area contributed by atoms with Crippen LogP contribution in [0.2, 0.25) is 0 Å². The monoisotopic (exact) mass is 400 g/mol. The van der Waals surface area contributed by atoms with Gasteiger partial charge in [-0.05, 0) is 39.0 Å². The van der Waals surface area contributed by atoms with Crippen molar-refractivity contribution in [1.82, 2.24) is 20.0 Å². The number of aromatic amines is 1. The number of H-pyrrole nitrogens is 1. The number of hydrogen-bond acceptors (Lipinski definition) is 4. The highest BCUT2D eigenvalue weighted by molar-refractivity contribution is 7.89. The van der Waals surface area contributed by atoms with Gasteiger partial charge < -0.3 is 10.3 Å². The predicted octanol–water partition coefficient (Wildman–Crippen LogP) is 2.81. The number of imidazole rings is 1. The number of fused-ring (bicyclic) bond motifs is 1. The zero-order chi connectivity index (χ0) is 20.4. The number of aromatic nitrogens is 2. The van der Waals surface area contributed by atoms with E-state index < -0.39 is 10.0 Å². The third kappa shape index (κ3) is 4.96. The Labute approximate surface area is 164 Å². The first-order valence-electron chi connectivity index (χ1n) is 9.00. The van der Waals surface area contributed by atoms with E-state index in [4.69, 9.17) is 0 Å². The van der Waals surface area contributed by atoms with Crippen LogP contribution in [-0.2, 0) is 14.8 Å². The molecule has 0 bridgehead atoms. The van der Waals surface area contributed by atoms with Crippen molar-refractivity contribution in [3.05, 3.63) is 48.5 Å². The van der Waals surface area contributed by atoms with Gasteiger partial charge >= 0.3 is 0 Å². The molecule has 0 radical (unpaired) electrons. The van der Waals surface area contributed by atoms with Crippen LogP contribution in [0.3, 0.4) is 0 Å². The summed E-state index contributed by atoms with van der Waals surface area (Å²) >= 11 is 0. The van der Waals surface area contributed by atoms with Gasteiger partial charge in [-0.25, -0.2) is 18.1 Å². The van der Waals surface area contributed by atoms with E-state index >= 15 is 0 Å². The molecule has 1 heterocycles. The largest absolute Gasteiger partial charge is 0.351 e. The van der Waals surface area contributed by atoms with Crippen molar-refractivity contribution in [3.63, 3.8) is 0 Å². The number of benzene rings is 2. The van der Waals surface area contributed by atoms with E-state index in [0.29, 0.717) is 16.9 Å². The highest BCUT2D eigenvalue weighted by Gasteiger charge is 2.18. The van der Waals surface area contributed by atoms with Crippen LogP contribution in [0.5, 0.6) is 0 Å². The van der Waals surface area contributed by atoms with Crippen molar-refractivity contribution in [1.29, 1.82) is 0 Å². The fraction of sp³-hybridized carbons (Fsp3) is 0.300. The van der Waals surface area contributed by atoms with Crippen LogP contribution in [0.25, 0.3) is 22.4 Å². The van der Waals surface area contributed by atoms with Crippen LogP contribution < -0.4 is 10.0 Å². The average molecular weight is 401 g/mol. The standard InChI is InChI=1S/C20H24N4O3S/c1-20(2,3)24-18(25)11-12-21-28(26,27)15-9-10-16-17(13-15)23-19(22-16)14-7-5-4-6-8-14/h4-10,13,21H,11-12H2,1-3H3,(H,22,23)(H,24,25). The summed E-state index contributed by atoms with van der Waals surface area (Å²) in [5, 5.41) is 2.80. The topological polar surface area (TPSA) is 104 Å². The summed E-state index contributed by atoms with van der Waals surface area (Å²) in [5.74, 6) is 0.476. The maximum absolute atomic E-state index is 12.5. The molecule has 2 aromatic carbocycles. The summed E-state index contributed by atoms with van der Waals surface area (Å²) in [4.78, 5) is 19.6. The molecule has 3 aromatic rings. The molecular formula is C20H24N4O3S. The SMILES string of the molecule is CC(C)(C)NC(=O)CCNS(=O)(=O)c1ccc2nc(-c3ccccc3)[nH]c2c1. The molecule has 1 aromatic heterocycles. The van der Waals surface area contributed by atoms with E-state index in [1.54, 1.807) is 12.1 Å². The minimum absolute atomic E-state index is 0.0283. The van der Waals surface area contributed by atoms with Gasteiger partial charge in [0.1, 0.15) is 5.82 Å². The Hall–Kier alpha value is -2.71. The molecule has 0 saturated carbocycles. The third-order valence-electron chi connectivity index (χ3n) is 3.97. The first-order valence-corrected chi connectivity index (χ1v) is 10.5. The van der Waals surface area contributed by atoms with E-state index in [9.17, 15) is 13.2 Å². The minimum atomic E-state index is -3.72. The summed E-state index contributed by atoms with van der Waals surface area (Å²) < 4.78 is 27.6. The summed E-state index contributed by atoms with van der Waals surface area (Å²) in [6, 6.07) is 14.3. The number of rotatable bonds is 6. The fourth-order valence-electron chi connectivity index (χ4n) is 2.75. The number of hydrogen-bond donors (Lipinski definition) is 3. The van der Waals surface area contributed by atoms with Crippen molar-refractivity contribution >= 4 is 27.0 Å². The smallest absolute Gasteiger partial charge is 0.240 e. The van der Waals surface area contributed by atoms with E-state index in [0.717, 1.165) is 5.56 Å². The zero-order valence-electron chi connectivity index (χ0n) is 16.1. The Kier molecular flexibility index (Phi) is 5.53. The van der Waals surface area contributed by atoms with Crippen LogP contribution in [0.4, 0.5) is 0 Å². The van der Waals surface area contributed by atoms with Crippen LogP contribution in [0, 0.1) is 0 Å². The molecule has 148 valence electrons. The molecule has 28 heavy (non-hydrogen) atoms. The molecule has 0 unspecified atom stereocenters. The van der Waals surface area contributed by atoms with Crippen molar-refractivity contribution in [2.75, 3.05) is 6.54 Å². The quantitative estimate of drug-likeness (QED) is 0.592. The van der Waals surface area contributed by atoms with Gasteiger partial charge in [0.25, 0.3) is 0 Å². The van der Waals surface area contributed by atoms with Gasteiger partial charge in [-0.3, -0.25) is 4.79 Å². The summed E-state index contributed by atoms with van der Waals surface area (Å²) in [6.07, 6.45) is 0.0704. The lowest BCUT2D eigenvalue weighted by molar-refractivity contribution is -0.122. The van der Waals surface area contributed by atoms with Gasteiger partial charge in [0.05, 0.1) is 15.9 Å². The number of carbonyl (C=O) groups is 1. The van der Waals surface area contributed by atoms with Gasteiger partial charge in [0.15, 0.2) is 0 Å². The molecule has 0 atom stereocenters. The van der Waals surface area contributed by atoms with E-state index in [1.807, 2.05) is 51.1 Å². The Balaban J connectivity index is 1.72. The number of carbonyl (C=O) groups excluding carboxylic acids is 1. The van der Waals surface area contributed by atoms with Crippen LogP contribution in [-0.4, -0.2) is 36.4 Å². The summed E-state index contributed by atoms with van der Waals surface area (Å²) in [6.45, 7) is 5.65. The molecule has 0 aliphatic carbocycles. The number of amides is 1. The lowest BCUT2D eigenvalue weighted by Gasteiger charge is -2.20. The average Bonchev–Trinajstić information content (AvgIpc) is 3.04. The van der Waals surface area contributed by atoms with Crippen molar-refractivity contribution in [2.24, 2.45) is 0 Å². The second-order valence-corrected chi connectivity index (χ2v) is 9.34.